The highest BCUT2D eigenvalue weighted by atomic mass is 16.5. The highest BCUT2D eigenvalue weighted by Crippen LogP contribution is 2.29. The van der Waals surface area contributed by atoms with E-state index in [0.29, 0.717) is 12.5 Å². The molecule has 64 valence electrons. The van der Waals surface area contributed by atoms with E-state index in [2.05, 4.69) is 4.98 Å². The molecule has 1 aromatic heterocycles. The minimum absolute atomic E-state index is 0.0995. The normalized spacial score (nSPS) is 28.0. The number of hydrogen-bond acceptors (Lipinski definition) is 4. The maximum absolute atomic E-state index is 10.7. The molecular weight excluding hydrogens is 160 g/mol. The SMILES string of the molecule is NC(=O)C1OCC1c1ncco1. The predicted molar refractivity (Wildman–Crippen MR) is 38.2 cm³/mol. The first-order chi connectivity index (χ1) is 5.79. The van der Waals surface area contributed by atoms with E-state index < -0.39 is 12.0 Å². The number of carbonyl (C=O) groups excluding carboxylic acids is 1. The summed E-state index contributed by atoms with van der Waals surface area (Å²) >= 11 is 0. The van der Waals surface area contributed by atoms with Crippen molar-refractivity contribution in [2.45, 2.75) is 12.0 Å². The van der Waals surface area contributed by atoms with Gasteiger partial charge in [-0.05, 0) is 0 Å². The van der Waals surface area contributed by atoms with Crippen LogP contribution in [0.2, 0.25) is 0 Å². The lowest BCUT2D eigenvalue weighted by atomic mass is 9.97. The Morgan fingerprint density at radius 3 is 3.00 bits per heavy atom. The van der Waals surface area contributed by atoms with Gasteiger partial charge in [-0.1, -0.05) is 0 Å². The molecule has 1 aliphatic rings. The van der Waals surface area contributed by atoms with E-state index in [1.54, 1.807) is 0 Å². The van der Waals surface area contributed by atoms with Gasteiger partial charge in [0.1, 0.15) is 12.4 Å². The summed E-state index contributed by atoms with van der Waals surface area (Å²) in [5, 5.41) is 0. The Kier molecular flexibility index (Phi) is 1.58. The largest absolute Gasteiger partial charge is 0.448 e. The fraction of sp³-hybridized carbons (Fsp3) is 0.429. The van der Waals surface area contributed by atoms with Crippen LogP contribution in [0.4, 0.5) is 0 Å². The molecule has 0 aromatic carbocycles. The summed E-state index contributed by atoms with van der Waals surface area (Å²) in [6, 6.07) is 0. The van der Waals surface area contributed by atoms with Crippen molar-refractivity contribution in [1.82, 2.24) is 4.98 Å². The van der Waals surface area contributed by atoms with Crippen molar-refractivity contribution in [2.24, 2.45) is 5.73 Å². The van der Waals surface area contributed by atoms with Crippen LogP contribution in [0.15, 0.2) is 16.9 Å². The average molecular weight is 168 g/mol. The van der Waals surface area contributed by atoms with E-state index in [4.69, 9.17) is 14.9 Å². The number of aromatic nitrogens is 1. The molecule has 2 rings (SSSR count). The highest BCUT2D eigenvalue weighted by Gasteiger charge is 2.40. The molecule has 2 N–H and O–H groups in total. The highest BCUT2D eigenvalue weighted by molar-refractivity contribution is 5.80. The Morgan fingerprint density at radius 1 is 1.75 bits per heavy atom. The van der Waals surface area contributed by atoms with Crippen molar-refractivity contribution in [2.75, 3.05) is 6.61 Å². The van der Waals surface area contributed by atoms with Crippen LogP contribution in [-0.2, 0) is 9.53 Å². The summed E-state index contributed by atoms with van der Waals surface area (Å²) in [7, 11) is 0. The summed E-state index contributed by atoms with van der Waals surface area (Å²) in [6.07, 6.45) is 2.43. The van der Waals surface area contributed by atoms with Gasteiger partial charge < -0.3 is 14.9 Å². The number of primary amides is 1. The third-order valence-electron chi connectivity index (χ3n) is 1.87. The van der Waals surface area contributed by atoms with Crippen LogP contribution >= 0.6 is 0 Å². The molecule has 0 radical (unpaired) electrons. The van der Waals surface area contributed by atoms with Crippen LogP contribution in [0, 0.1) is 0 Å². The number of nitrogens with two attached hydrogens (primary N) is 1. The van der Waals surface area contributed by atoms with E-state index in [-0.39, 0.29) is 5.92 Å². The molecule has 1 aromatic rings. The third kappa shape index (κ3) is 0.984. The zero-order chi connectivity index (χ0) is 8.55. The van der Waals surface area contributed by atoms with E-state index in [9.17, 15) is 4.79 Å². The van der Waals surface area contributed by atoms with Gasteiger partial charge >= 0.3 is 0 Å². The van der Waals surface area contributed by atoms with Crippen molar-refractivity contribution in [3.8, 4) is 0 Å². The Bertz CT molecular complexity index is 283. The van der Waals surface area contributed by atoms with Gasteiger partial charge in [0, 0.05) is 0 Å². The van der Waals surface area contributed by atoms with Gasteiger partial charge in [-0.3, -0.25) is 4.79 Å². The fourth-order valence-corrected chi connectivity index (χ4v) is 1.19. The molecule has 2 unspecified atom stereocenters. The number of oxazole rings is 1. The molecule has 5 nitrogen and oxygen atoms in total. The van der Waals surface area contributed by atoms with Gasteiger partial charge in [0.2, 0.25) is 11.8 Å². The number of hydrogen-bond donors (Lipinski definition) is 1. The maximum Gasteiger partial charge on any atom is 0.247 e. The molecule has 2 atom stereocenters. The van der Waals surface area contributed by atoms with E-state index >= 15 is 0 Å². The molecule has 0 aliphatic carbocycles. The lowest BCUT2D eigenvalue weighted by Gasteiger charge is -2.31. The summed E-state index contributed by atoms with van der Waals surface area (Å²) < 4.78 is 9.97. The van der Waals surface area contributed by atoms with Crippen molar-refractivity contribution in [1.29, 1.82) is 0 Å². The quantitative estimate of drug-likeness (QED) is 0.654. The number of nitrogens with zero attached hydrogens (tertiary/aromatic N) is 1. The monoisotopic (exact) mass is 168 g/mol. The lowest BCUT2D eigenvalue weighted by Crippen LogP contribution is -2.47. The summed E-state index contributed by atoms with van der Waals surface area (Å²) in [4.78, 5) is 14.6. The average Bonchev–Trinajstić information content (AvgIpc) is 2.35. The van der Waals surface area contributed by atoms with E-state index in [0.717, 1.165) is 0 Å². The molecule has 12 heavy (non-hydrogen) atoms. The Balaban J connectivity index is 2.12. The first kappa shape index (κ1) is 7.30. The van der Waals surface area contributed by atoms with Gasteiger partial charge in [-0.25, -0.2) is 4.98 Å². The lowest BCUT2D eigenvalue weighted by molar-refractivity contribution is -0.148. The van der Waals surface area contributed by atoms with E-state index in [1.807, 2.05) is 0 Å². The number of ether oxygens (including phenoxy) is 1. The molecular formula is C7H8N2O3. The standard InChI is InChI=1S/C7H8N2O3/c8-6(10)5-4(3-12-5)7-9-1-2-11-7/h1-2,4-5H,3H2,(H2,8,10). The molecule has 5 heteroatoms. The second kappa shape index (κ2) is 2.60. The smallest absolute Gasteiger partial charge is 0.247 e. The maximum atomic E-state index is 10.7. The van der Waals surface area contributed by atoms with Gasteiger partial charge in [-0.15, -0.1) is 0 Å². The first-order valence-corrected chi connectivity index (χ1v) is 3.59. The minimum atomic E-state index is -0.566. The number of amides is 1. The second-order valence-corrected chi connectivity index (χ2v) is 2.63. The molecule has 1 amide bonds. The molecule has 0 saturated carbocycles. The number of carbonyl (C=O) groups is 1. The van der Waals surface area contributed by atoms with Crippen LogP contribution in [0.1, 0.15) is 11.8 Å². The Morgan fingerprint density at radius 2 is 2.58 bits per heavy atom. The van der Waals surface area contributed by atoms with Gasteiger partial charge in [0.15, 0.2) is 0 Å². The first-order valence-electron chi connectivity index (χ1n) is 3.59. The second-order valence-electron chi connectivity index (χ2n) is 2.63. The molecule has 1 saturated heterocycles. The molecule has 1 fully saturated rings. The van der Waals surface area contributed by atoms with Crippen LogP contribution < -0.4 is 5.73 Å². The van der Waals surface area contributed by atoms with Crippen LogP contribution in [0.5, 0.6) is 0 Å². The zero-order valence-corrected chi connectivity index (χ0v) is 6.27. The molecule has 0 spiro atoms. The van der Waals surface area contributed by atoms with Crippen LogP contribution in [-0.4, -0.2) is 23.6 Å². The zero-order valence-electron chi connectivity index (χ0n) is 6.27. The van der Waals surface area contributed by atoms with Crippen molar-refractivity contribution < 1.29 is 13.9 Å². The van der Waals surface area contributed by atoms with Crippen molar-refractivity contribution in [3.05, 3.63) is 18.4 Å². The molecule has 1 aliphatic heterocycles. The number of rotatable bonds is 2. The predicted octanol–water partition coefficient (Wildman–Crippen LogP) is -0.358. The van der Waals surface area contributed by atoms with Crippen molar-refractivity contribution in [3.63, 3.8) is 0 Å². The van der Waals surface area contributed by atoms with Gasteiger partial charge in [0.25, 0.3) is 0 Å². The third-order valence-corrected chi connectivity index (χ3v) is 1.87. The summed E-state index contributed by atoms with van der Waals surface area (Å²) in [6.45, 7) is 0.453. The summed E-state index contributed by atoms with van der Waals surface area (Å²) in [5.74, 6) is -0.0491. The van der Waals surface area contributed by atoms with Gasteiger partial charge in [0.05, 0.1) is 18.7 Å². The van der Waals surface area contributed by atoms with Crippen LogP contribution in [0.25, 0.3) is 0 Å². The van der Waals surface area contributed by atoms with E-state index in [1.165, 1.54) is 12.5 Å². The minimum Gasteiger partial charge on any atom is -0.448 e. The topological polar surface area (TPSA) is 78.4 Å². The molecule has 2 heterocycles. The fourth-order valence-electron chi connectivity index (χ4n) is 1.19. The Hall–Kier alpha value is -1.36. The van der Waals surface area contributed by atoms with Crippen LogP contribution in [0.3, 0.4) is 0 Å². The van der Waals surface area contributed by atoms with Crippen molar-refractivity contribution >= 4 is 5.91 Å². The Labute approximate surface area is 68.5 Å². The molecule has 0 bridgehead atoms. The van der Waals surface area contributed by atoms with Gasteiger partial charge in [-0.2, -0.15) is 0 Å². The summed E-state index contributed by atoms with van der Waals surface area (Å²) in [5.41, 5.74) is 5.06.